The molecule has 2 aromatic rings. The molecule has 1 amide bonds. The molecule has 2 aromatic carbocycles. The molecule has 0 saturated heterocycles. The van der Waals surface area contributed by atoms with Crippen LogP contribution in [-0.2, 0) is 10.0 Å². The van der Waals surface area contributed by atoms with Gasteiger partial charge in [-0.15, -0.1) is 0 Å². The lowest BCUT2D eigenvalue weighted by Gasteiger charge is -2.18. The van der Waals surface area contributed by atoms with Crippen LogP contribution in [0.1, 0.15) is 43.5 Å². The van der Waals surface area contributed by atoms with E-state index in [4.69, 9.17) is 9.88 Å². The first kappa shape index (κ1) is 21.7. The lowest BCUT2D eigenvalue weighted by Crippen LogP contribution is -2.25. The Labute approximate surface area is 166 Å². The van der Waals surface area contributed by atoms with Gasteiger partial charge in [0.25, 0.3) is 5.91 Å². The minimum absolute atomic E-state index is 0.0804. The molecule has 2 rings (SSSR count). The normalized spacial score (nSPS) is 11.1. The molecule has 0 aromatic heterocycles. The van der Waals surface area contributed by atoms with Crippen LogP contribution in [0, 0.1) is 0 Å². The number of carbonyl (C=O) groups is 1. The minimum atomic E-state index is -4.13. The molecule has 7 nitrogen and oxygen atoms in total. The second-order valence-electron chi connectivity index (χ2n) is 6.35. The van der Waals surface area contributed by atoms with Crippen molar-refractivity contribution < 1.29 is 17.9 Å². The molecule has 0 atom stereocenters. The van der Waals surface area contributed by atoms with Crippen molar-refractivity contribution in [3.05, 3.63) is 48.0 Å². The Kier molecular flexibility index (Phi) is 7.83. The molecule has 0 heterocycles. The van der Waals surface area contributed by atoms with Gasteiger partial charge in [0, 0.05) is 18.7 Å². The van der Waals surface area contributed by atoms with E-state index < -0.39 is 10.0 Å². The van der Waals surface area contributed by atoms with Crippen LogP contribution in [0.5, 0.6) is 11.5 Å². The summed E-state index contributed by atoms with van der Waals surface area (Å²) in [5.74, 6) is 0.183. The van der Waals surface area contributed by atoms with Crippen molar-refractivity contribution in [3.8, 4) is 11.5 Å². The van der Waals surface area contributed by atoms with Gasteiger partial charge in [-0.1, -0.05) is 38.5 Å². The maximum absolute atomic E-state index is 12.4. The molecule has 0 radical (unpaired) electrons. The summed E-state index contributed by atoms with van der Waals surface area (Å²) in [5, 5.41) is 11.4. The third kappa shape index (κ3) is 5.97. The topological polar surface area (TPSA) is 111 Å². The van der Waals surface area contributed by atoms with Gasteiger partial charge in [0.05, 0.1) is 5.69 Å². The van der Waals surface area contributed by atoms with Crippen molar-refractivity contribution in [1.82, 2.24) is 5.32 Å². The maximum atomic E-state index is 12.4. The van der Waals surface area contributed by atoms with Crippen LogP contribution < -0.4 is 20.5 Å². The third-order valence-corrected chi connectivity index (χ3v) is 4.88. The summed E-state index contributed by atoms with van der Waals surface area (Å²) in [6.07, 6.45) is 2.60. The lowest BCUT2D eigenvalue weighted by molar-refractivity contribution is 0.0953. The fraction of sp³-hybridized carbons (Fsp3) is 0.350. The zero-order valence-electron chi connectivity index (χ0n) is 16.2. The number of para-hydroxylation sites is 1. The maximum Gasteiger partial charge on any atom is 0.251 e. The Balaban J connectivity index is 2.55. The Morgan fingerprint density at radius 3 is 2.39 bits per heavy atom. The molecule has 0 unspecified atom stereocenters. The van der Waals surface area contributed by atoms with Crippen LogP contribution in [0.15, 0.2) is 47.4 Å². The van der Waals surface area contributed by atoms with E-state index in [2.05, 4.69) is 10.6 Å². The Morgan fingerprint density at radius 1 is 1.07 bits per heavy atom. The molecule has 0 aliphatic carbocycles. The number of nitrogens with one attached hydrogen (secondary N) is 2. The number of hydrogen-bond donors (Lipinski definition) is 3. The SMILES string of the molecule is CCCCNc1cc(C(=O)NCCC)cc(S(N)(=O)=O)c1Oc1ccccc1. The molecular weight excluding hydrogens is 378 g/mol. The first-order valence-corrected chi connectivity index (χ1v) is 10.9. The number of carbonyl (C=O) groups excluding carboxylic acids is 1. The van der Waals surface area contributed by atoms with Gasteiger partial charge >= 0.3 is 0 Å². The predicted molar refractivity (Wildman–Crippen MR) is 110 cm³/mol. The number of anilines is 1. The van der Waals surface area contributed by atoms with Gasteiger partial charge in [0.15, 0.2) is 5.75 Å². The number of nitrogens with two attached hydrogens (primary N) is 1. The van der Waals surface area contributed by atoms with Crippen LogP contribution in [-0.4, -0.2) is 27.4 Å². The highest BCUT2D eigenvalue weighted by atomic mass is 32.2. The van der Waals surface area contributed by atoms with Gasteiger partial charge in [-0.25, -0.2) is 13.6 Å². The zero-order chi connectivity index (χ0) is 20.6. The Bertz CT molecular complexity index is 899. The average Bonchev–Trinajstić information content (AvgIpc) is 2.67. The molecule has 152 valence electrons. The van der Waals surface area contributed by atoms with E-state index >= 15 is 0 Å². The van der Waals surface area contributed by atoms with Crippen LogP contribution in [0.25, 0.3) is 0 Å². The Morgan fingerprint density at radius 2 is 1.79 bits per heavy atom. The number of unbranched alkanes of at least 4 members (excludes halogenated alkanes) is 1. The second-order valence-corrected chi connectivity index (χ2v) is 7.88. The Hall–Kier alpha value is -2.58. The highest BCUT2D eigenvalue weighted by molar-refractivity contribution is 7.89. The summed E-state index contributed by atoms with van der Waals surface area (Å²) in [4.78, 5) is 12.2. The molecule has 4 N–H and O–H groups in total. The average molecular weight is 406 g/mol. The number of ether oxygens (including phenoxy) is 1. The molecule has 0 bridgehead atoms. The van der Waals surface area contributed by atoms with Gasteiger partial charge in [0.2, 0.25) is 10.0 Å². The molecule has 8 heteroatoms. The summed E-state index contributed by atoms with van der Waals surface area (Å²) in [6, 6.07) is 11.7. The molecule has 0 aliphatic rings. The largest absolute Gasteiger partial charge is 0.454 e. The third-order valence-electron chi connectivity index (χ3n) is 3.97. The summed E-state index contributed by atoms with van der Waals surface area (Å²) in [7, 11) is -4.13. The van der Waals surface area contributed by atoms with Crippen LogP contribution in [0.4, 0.5) is 5.69 Å². The van der Waals surface area contributed by atoms with E-state index in [0.717, 1.165) is 19.3 Å². The van der Waals surface area contributed by atoms with Crippen LogP contribution >= 0.6 is 0 Å². The first-order chi connectivity index (χ1) is 13.4. The summed E-state index contributed by atoms with van der Waals surface area (Å²) in [6.45, 7) is 5.08. The van der Waals surface area contributed by atoms with E-state index in [-0.39, 0.29) is 22.1 Å². The standard InChI is InChI=1S/C20H27N3O4S/c1-3-5-12-22-17-13-15(20(24)23-11-4-2)14-18(28(21,25)26)19(17)27-16-9-7-6-8-10-16/h6-10,13-14,22H,3-5,11-12H2,1-2H3,(H,23,24)(H2,21,25,26). The number of benzene rings is 2. The van der Waals surface area contributed by atoms with Crippen molar-refractivity contribution in [2.45, 2.75) is 38.0 Å². The van der Waals surface area contributed by atoms with Crippen molar-refractivity contribution in [1.29, 1.82) is 0 Å². The minimum Gasteiger partial charge on any atom is -0.454 e. The highest BCUT2D eigenvalue weighted by Gasteiger charge is 2.23. The highest BCUT2D eigenvalue weighted by Crippen LogP contribution is 2.37. The number of primary sulfonamides is 1. The quantitative estimate of drug-likeness (QED) is 0.524. The number of rotatable bonds is 10. The van der Waals surface area contributed by atoms with Gasteiger partial charge in [-0.05, 0) is 37.1 Å². The smallest absolute Gasteiger partial charge is 0.251 e. The van der Waals surface area contributed by atoms with Crippen molar-refractivity contribution >= 4 is 21.6 Å². The molecule has 0 spiro atoms. The van der Waals surface area contributed by atoms with Crippen LogP contribution in [0.3, 0.4) is 0 Å². The van der Waals surface area contributed by atoms with Crippen LogP contribution in [0.2, 0.25) is 0 Å². The summed E-state index contributed by atoms with van der Waals surface area (Å²) in [5.41, 5.74) is 0.613. The predicted octanol–water partition coefficient (Wildman–Crippen LogP) is 3.48. The molecule has 0 aliphatic heterocycles. The number of sulfonamides is 1. The summed E-state index contributed by atoms with van der Waals surface area (Å²) < 4.78 is 30.4. The van der Waals surface area contributed by atoms with E-state index in [0.29, 0.717) is 24.5 Å². The summed E-state index contributed by atoms with van der Waals surface area (Å²) >= 11 is 0. The molecule has 0 saturated carbocycles. The van der Waals surface area contributed by atoms with E-state index in [1.165, 1.54) is 6.07 Å². The van der Waals surface area contributed by atoms with Crippen molar-refractivity contribution in [2.24, 2.45) is 5.14 Å². The number of hydrogen-bond acceptors (Lipinski definition) is 5. The zero-order valence-corrected chi connectivity index (χ0v) is 17.0. The van der Waals surface area contributed by atoms with Gasteiger partial charge in [-0.3, -0.25) is 4.79 Å². The lowest BCUT2D eigenvalue weighted by atomic mass is 10.1. The van der Waals surface area contributed by atoms with Crippen molar-refractivity contribution in [2.75, 3.05) is 18.4 Å². The van der Waals surface area contributed by atoms with Gasteiger partial charge in [-0.2, -0.15) is 0 Å². The van der Waals surface area contributed by atoms with E-state index in [1.807, 2.05) is 19.9 Å². The molecular formula is C20H27N3O4S. The molecule has 0 fully saturated rings. The van der Waals surface area contributed by atoms with Gasteiger partial charge in [0.1, 0.15) is 10.6 Å². The fourth-order valence-electron chi connectivity index (χ4n) is 2.53. The number of amides is 1. The second kappa shape index (κ2) is 10.1. The first-order valence-electron chi connectivity index (χ1n) is 9.32. The van der Waals surface area contributed by atoms with Crippen molar-refractivity contribution in [3.63, 3.8) is 0 Å². The monoisotopic (exact) mass is 405 g/mol. The van der Waals surface area contributed by atoms with Gasteiger partial charge < -0.3 is 15.4 Å². The van der Waals surface area contributed by atoms with E-state index in [9.17, 15) is 13.2 Å². The fourth-order valence-corrected chi connectivity index (χ4v) is 3.23. The molecule has 28 heavy (non-hydrogen) atoms. The van der Waals surface area contributed by atoms with E-state index in [1.54, 1.807) is 30.3 Å².